The second kappa shape index (κ2) is 4.52. The van der Waals surface area contributed by atoms with E-state index < -0.39 is 23.0 Å². The highest BCUT2D eigenvalue weighted by molar-refractivity contribution is 6.00. The van der Waals surface area contributed by atoms with Crippen molar-refractivity contribution in [1.29, 1.82) is 0 Å². The average Bonchev–Trinajstić information content (AvgIpc) is 2.27. The quantitative estimate of drug-likeness (QED) is 0.582. The summed E-state index contributed by atoms with van der Waals surface area (Å²) in [5.74, 6) is -2.16. The smallest absolute Gasteiger partial charge is 0.345 e. The molecule has 0 aromatic heterocycles. The summed E-state index contributed by atoms with van der Waals surface area (Å²) in [5, 5.41) is 19.1. The number of hydrogen-bond acceptors (Lipinski definition) is 6. The van der Waals surface area contributed by atoms with E-state index in [4.69, 9.17) is 4.74 Å². The first-order valence-electron chi connectivity index (χ1n) is 4.23. The van der Waals surface area contributed by atoms with Crippen LogP contribution in [0.1, 0.15) is 20.7 Å². The van der Waals surface area contributed by atoms with Gasteiger partial charge in [-0.15, -0.1) is 0 Å². The molecule has 0 bridgehead atoms. The fourth-order valence-corrected chi connectivity index (χ4v) is 1.23. The van der Waals surface area contributed by atoms with Crippen molar-refractivity contribution in [3.63, 3.8) is 0 Å². The van der Waals surface area contributed by atoms with Crippen molar-refractivity contribution in [2.75, 3.05) is 14.2 Å². The fraction of sp³-hybridized carbons (Fsp3) is 0.200. The second-order valence-electron chi connectivity index (χ2n) is 2.84. The van der Waals surface area contributed by atoms with Crippen molar-refractivity contribution in [2.45, 2.75) is 0 Å². The molecule has 0 radical (unpaired) electrons. The summed E-state index contributed by atoms with van der Waals surface area (Å²) in [5.41, 5.74) is -0.689. The van der Waals surface area contributed by atoms with E-state index in [1.54, 1.807) is 0 Å². The SMILES string of the molecule is COC(=O)c1c(O)cc(OC)c(C=O)c1O. The lowest BCUT2D eigenvalue weighted by Crippen LogP contribution is -2.04. The number of benzene rings is 1. The summed E-state index contributed by atoms with van der Waals surface area (Å²) < 4.78 is 9.12. The van der Waals surface area contributed by atoms with Crippen LogP contribution in [0, 0.1) is 0 Å². The highest BCUT2D eigenvalue weighted by atomic mass is 16.5. The van der Waals surface area contributed by atoms with Crippen LogP contribution < -0.4 is 4.74 Å². The molecule has 0 saturated heterocycles. The number of phenols is 2. The third kappa shape index (κ3) is 1.77. The predicted molar refractivity (Wildman–Crippen MR) is 53.1 cm³/mol. The van der Waals surface area contributed by atoms with Gasteiger partial charge in [0.2, 0.25) is 0 Å². The molecule has 2 N–H and O–H groups in total. The molecule has 0 spiro atoms. The van der Waals surface area contributed by atoms with Gasteiger partial charge in [0.05, 0.1) is 19.8 Å². The van der Waals surface area contributed by atoms with E-state index in [0.29, 0.717) is 6.29 Å². The van der Waals surface area contributed by atoms with Crippen LogP contribution in [0.15, 0.2) is 6.07 Å². The van der Waals surface area contributed by atoms with Gasteiger partial charge < -0.3 is 19.7 Å². The number of phenolic OH excluding ortho intramolecular Hbond substituents is 2. The Hall–Kier alpha value is -2.24. The van der Waals surface area contributed by atoms with E-state index in [1.165, 1.54) is 7.11 Å². The maximum atomic E-state index is 11.2. The summed E-state index contributed by atoms with van der Waals surface area (Å²) in [6, 6.07) is 1.05. The van der Waals surface area contributed by atoms with Crippen LogP contribution in [-0.4, -0.2) is 36.7 Å². The molecule has 1 aromatic carbocycles. The van der Waals surface area contributed by atoms with Crippen LogP contribution in [-0.2, 0) is 4.74 Å². The van der Waals surface area contributed by atoms with Crippen LogP contribution in [0.4, 0.5) is 0 Å². The van der Waals surface area contributed by atoms with Gasteiger partial charge in [0.1, 0.15) is 22.8 Å². The molecule has 1 aromatic rings. The van der Waals surface area contributed by atoms with Crippen molar-refractivity contribution < 1.29 is 29.3 Å². The molecule has 0 fully saturated rings. The Kier molecular flexibility index (Phi) is 3.34. The molecule has 16 heavy (non-hydrogen) atoms. The van der Waals surface area contributed by atoms with Gasteiger partial charge in [0, 0.05) is 6.07 Å². The van der Waals surface area contributed by atoms with Gasteiger partial charge in [-0.05, 0) is 0 Å². The van der Waals surface area contributed by atoms with E-state index >= 15 is 0 Å². The van der Waals surface area contributed by atoms with E-state index in [2.05, 4.69) is 4.74 Å². The molecular weight excluding hydrogens is 216 g/mol. The molecular formula is C10H10O6. The normalized spacial score (nSPS) is 9.62. The highest BCUT2D eigenvalue weighted by Gasteiger charge is 2.23. The average molecular weight is 226 g/mol. The maximum absolute atomic E-state index is 11.2. The van der Waals surface area contributed by atoms with Crippen molar-refractivity contribution in [1.82, 2.24) is 0 Å². The molecule has 0 aliphatic rings. The van der Waals surface area contributed by atoms with E-state index in [0.717, 1.165) is 13.2 Å². The van der Waals surface area contributed by atoms with E-state index in [-0.39, 0.29) is 11.3 Å². The number of aldehydes is 1. The third-order valence-corrected chi connectivity index (χ3v) is 2.01. The summed E-state index contributed by atoms with van der Waals surface area (Å²) in [6.45, 7) is 0. The second-order valence-corrected chi connectivity index (χ2v) is 2.84. The van der Waals surface area contributed by atoms with Gasteiger partial charge >= 0.3 is 5.97 Å². The minimum atomic E-state index is -0.944. The van der Waals surface area contributed by atoms with Crippen LogP contribution in [0.3, 0.4) is 0 Å². The van der Waals surface area contributed by atoms with Gasteiger partial charge in [0.15, 0.2) is 6.29 Å². The minimum Gasteiger partial charge on any atom is -0.507 e. The number of ether oxygens (including phenoxy) is 2. The number of aromatic hydroxyl groups is 2. The van der Waals surface area contributed by atoms with Gasteiger partial charge in [-0.1, -0.05) is 0 Å². The van der Waals surface area contributed by atoms with Gasteiger partial charge in [-0.25, -0.2) is 4.79 Å². The lowest BCUT2D eigenvalue weighted by atomic mass is 10.1. The Morgan fingerprint density at radius 1 is 1.38 bits per heavy atom. The Labute approximate surface area is 91.0 Å². The molecule has 0 amide bonds. The molecule has 0 aliphatic carbocycles. The molecule has 6 nitrogen and oxygen atoms in total. The number of esters is 1. The summed E-state index contributed by atoms with van der Waals surface area (Å²) >= 11 is 0. The third-order valence-electron chi connectivity index (χ3n) is 2.01. The molecule has 0 unspecified atom stereocenters. The monoisotopic (exact) mass is 226 g/mol. The van der Waals surface area contributed by atoms with Crippen LogP contribution >= 0.6 is 0 Å². The first-order chi connectivity index (χ1) is 7.56. The van der Waals surface area contributed by atoms with Crippen molar-refractivity contribution in [3.8, 4) is 17.2 Å². The lowest BCUT2D eigenvalue weighted by Gasteiger charge is -2.10. The number of methoxy groups -OCH3 is 2. The van der Waals surface area contributed by atoms with Gasteiger partial charge in [-0.3, -0.25) is 4.79 Å². The van der Waals surface area contributed by atoms with Crippen LogP contribution in [0.25, 0.3) is 0 Å². The molecule has 1 rings (SSSR count). The zero-order chi connectivity index (χ0) is 12.3. The largest absolute Gasteiger partial charge is 0.507 e. The topological polar surface area (TPSA) is 93.1 Å². The summed E-state index contributed by atoms with van der Waals surface area (Å²) in [4.78, 5) is 21.9. The molecule has 0 saturated carbocycles. The highest BCUT2D eigenvalue weighted by Crippen LogP contribution is 2.37. The Balaban J connectivity index is 3.52. The first kappa shape index (κ1) is 11.8. The zero-order valence-electron chi connectivity index (χ0n) is 8.68. The Bertz CT molecular complexity index is 437. The van der Waals surface area contributed by atoms with Crippen LogP contribution in [0.5, 0.6) is 17.2 Å². The van der Waals surface area contributed by atoms with E-state index in [9.17, 15) is 19.8 Å². The first-order valence-corrected chi connectivity index (χ1v) is 4.23. The number of rotatable bonds is 3. The number of carbonyl (C=O) groups is 2. The standard InChI is InChI=1S/C10H10O6/c1-15-7-3-6(12)8(10(14)16-2)9(13)5(7)4-11/h3-4,12-13H,1-2H3. The van der Waals surface area contributed by atoms with Crippen molar-refractivity contribution in [3.05, 3.63) is 17.2 Å². The molecule has 6 heteroatoms. The van der Waals surface area contributed by atoms with E-state index in [1.807, 2.05) is 0 Å². The molecule has 86 valence electrons. The van der Waals surface area contributed by atoms with Crippen LogP contribution in [0.2, 0.25) is 0 Å². The molecule has 0 aliphatic heterocycles. The maximum Gasteiger partial charge on any atom is 0.345 e. The minimum absolute atomic E-state index is 0.0300. The number of hydrogen-bond donors (Lipinski definition) is 2. The Morgan fingerprint density at radius 2 is 2.00 bits per heavy atom. The predicted octanol–water partition coefficient (Wildman–Crippen LogP) is 0.705. The fourth-order valence-electron chi connectivity index (χ4n) is 1.23. The van der Waals surface area contributed by atoms with Crippen molar-refractivity contribution in [2.24, 2.45) is 0 Å². The molecule has 0 heterocycles. The van der Waals surface area contributed by atoms with Gasteiger partial charge in [-0.2, -0.15) is 0 Å². The van der Waals surface area contributed by atoms with Crippen molar-refractivity contribution >= 4 is 12.3 Å². The molecule has 0 atom stereocenters. The number of carbonyl (C=O) groups excluding carboxylic acids is 2. The Morgan fingerprint density at radius 3 is 2.44 bits per heavy atom. The summed E-state index contributed by atoms with van der Waals surface area (Å²) in [6.07, 6.45) is 0.319. The lowest BCUT2D eigenvalue weighted by molar-refractivity contribution is 0.0594. The van der Waals surface area contributed by atoms with Gasteiger partial charge in [0.25, 0.3) is 0 Å². The zero-order valence-corrected chi connectivity index (χ0v) is 8.68. The summed E-state index contributed by atoms with van der Waals surface area (Å²) in [7, 11) is 2.35.